The summed E-state index contributed by atoms with van der Waals surface area (Å²) in [5.41, 5.74) is 7.36. The van der Waals surface area contributed by atoms with E-state index >= 15 is 0 Å². The van der Waals surface area contributed by atoms with E-state index < -0.39 is 0 Å². The lowest BCUT2D eigenvalue weighted by Gasteiger charge is -2.08. The summed E-state index contributed by atoms with van der Waals surface area (Å²) in [5.74, 6) is -0.312. The van der Waals surface area contributed by atoms with Crippen molar-refractivity contribution >= 4 is 23.1 Å². The van der Waals surface area contributed by atoms with Crippen molar-refractivity contribution < 1.29 is 9.60 Å². The van der Waals surface area contributed by atoms with Crippen LogP contribution >= 0.6 is 11.6 Å². The second-order valence-corrected chi connectivity index (χ2v) is 4.60. The van der Waals surface area contributed by atoms with Crippen molar-refractivity contribution in [2.45, 2.75) is 6.54 Å². The molecule has 0 heterocycles. The molecule has 0 aliphatic rings. The molecule has 0 radical (unpaired) electrons. The molecule has 0 aliphatic carbocycles. The molecule has 104 valence electrons. The molecule has 2 aromatic carbocycles. The number of benzene rings is 2. The molecular weight excluding hydrogens is 281 g/mol. The third kappa shape index (κ3) is 3.39. The third-order valence-electron chi connectivity index (χ3n) is 2.77. The maximum absolute atomic E-state index is 13.5. The van der Waals surface area contributed by atoms with Crippen molar-refractivity contribution in [2.24, 2.45) is 10.9 Å². The van der Waals surface area contributed by atoms with E-state index in [9.17, 15) is 4.39 Å². The fourth-order valence-corrected chi connectivity index (χ4v) is 1.85. The van der Waals surface area contributed by atoms with Crippen LogP contribution in [-0.4, -0.2) is 11.0 Å². The van der Waals surface area contributed by atoms with Crippen LogP contribution in [0.2, 0.25) is 5.02 Å². The van der Waals surface area contributed by atoms with E-state index in [0.717, 1.165) is 5.56 Å². The molecule has 0 atom stereocenters. The average Bonchev–Trinajstić information content (AvgIpc) is 2.48. The Kier molecular flexibility index (Phi) is 4.42. The van der Waals surface area contributed by atoms with Crippen LogP contribution in [0, 0.1) is 5.82 Å². The minimum Gasteiger partial charge on any atom is -0.409 e. The summed E-state index contributed by atoms with van der Waals surface area (Å²) in [6, 6.07) is 11.4. The van der Waals surface area contributed by atoms with Crippen LogP contribution in [0.15, 0.2) is 47.6 Å². The number of anilines is 1. The second-order valence-electron chi connectivity index (χ2n) is 4.16. The largest absolute Gasteiger partial charge is 0.409 e. The van der Waals surface area contributed by atoms with Gasteiger partial charge in [0.1, 0.15) is 5.82 Å². The zero-order valence-electron chi connectivity index (χ0n) is 10.5. The van der Waals surface area contributed by atoms with Gasteiger partial charge in [0, 0.05) is 17.1 Å². The molecule has 0 saturated heterocycles. The highest BCUT2D eigenvalue weighted by molar-refractivity contribution is 6.30. The Bertz CT molecular complexity index is 629. The molecule has 6 heteroatoms. The van der Waals surface area contributed by atoms with E-state index in [-0.39, 0.29) is 11.7 Å². The van der Waals surface area contributed by atoms with Crippen molar-refractivity contribution in [3.63, 3.8) is 0 Å². The minimum atomic E-state index is -0.359. The highest BCUT2D eigenvalue weighted by Gasteiger charge is 2.03. The van der Waals surface area contributed by atoms with Crippen LogP contribution in [0.3, 0.4) is 0 Å². The zero-order valence-corrected chi connectivity index (χ0v) is 11.2. The topological polar surface area (TPSA) is 70.6 Å². The van der Waals surface area contributed by atoms with Crippen LogP contribution in [0.5, 0.6) is 0 Å². The predicted octanol–water partition coefficient (Wildman–Crippen LogP) is 3.19. The quantitative estimate of drug-likeness (QED) is 0.351. The van der Waals surface area contributed by atoms with Gasteiger partial charge in [-0.05, 0) is 23.8 Å². The Morgan fingerprint density at radius 3 is 2.60 bits per heavy atom. The van der Waals surface area contributed by atoms with Crippen LogP contribution in [0.1, 0.15) is 11.1 Å². The number of hydrogen-bond donors (Lipinski definition) is 3. The first-order chi connectivity index (χ1) is 9.60. The first kappa shape index (κ1) is 14.1. The van der Waals surface area contributed by atoms with Gasteiger partial charge in [-0.15, -0.1) is 0 Å². The number of rotatable bonds is 4. The SMILES string of the molecule is NC(=NO)c1ccc(CNc2cc(Cl)ccc2F)cc1. The molecule has 0 unspecified atom stereocenters. The summed E-state index contributed by atoms with van der Waals surface area (Å²) in [6.45, 7) is 0.438. The third-order valence-corrected chi connectivity index (χ3v) is 3.00. The second kappa shape index (κ2) is 6.25. The van der Waals surface area contributed by atoms with E-state index in [1.807, 2.05) is 12.1 Å². The first-order valence-electron chi connectivity index (χ1n) is 5.86. The summed E-state index contributed by atoms with van der Waals surface area (Å²) in [4.78, 5) is 0. The standard InChI is InChI=1S/C14H13ClFN3O/c15-11-5-6-12(16)13(7-11)18-8-9-1-3-10(4-2-9)14(17)19-20/h1-7,18,20H,8H2,(H2,17,19). The van der Waals surface area contributed by atoms with Gasteiger partial charge in [0.05, 0.1) is 5.69 Å². The van der Waals surface area contributed by atoms with Crippen LogP contribution < -0.4 is 11.1 Å². The number of nitrogens with one attached hydrogen (secondary N) is 1. The fourth-order valence-electron chi connectivity index (χ4n) is 1.68. The number of nitrogens with two attached hydrogens (primary N) is 1. The van der Waals surface area contributed by atoms with E-state index in [4.69, 9.17) is 22.5 Å². The zero-order chi connectivity index (χ0) is 14.5. The molecule has 20 heavy (non-hydrogen) atoms. The van der Waals surface area contributed by atoms with Gasteiger partial charge in [0.2, 0.25) is 0 Å². The fraction of sp³-hybridized carbons (Fsp3) is 0.0714. The average molecular weight is 294 g/mol. The summed E-state index contributed by atoms with van der Waals surface area (Å²) in [7, 11) is 0. The summed E-state index contributed by atoms with van der Waals surface area (Å²) in [6.07, 6.45) is 0. The molecule has 0 fully saturated rings. The lowest BCUT2D eigenvalue weighted by Crippen LogP contribution is -2.13. The van der Waals surface area contributed by atoms with Crippen LogP contribution in [0.4, 0.5) is 10.1 Å². The molecule has 0 bridgehead atoms. The first-order valence-corrected chi connectivity index (χ1v) is 6.23. The molecule has 0 saturated carbocycles. The van der Waals surface area contributed by atoms with Crippen LogP contribution in [0.25, 0.3) is 0 Å². The Balaban J connectivity index is 2.06. The normalized spacial score (nSPS) is 11.4. The van der Waals surface area contributed by atoms with Crippen molar-refractivity contribution in [1.82, 2.24) is 0 Å². The lowest BCUT2D eigenvalue weighted by molar-refractivity contribution is 0.318. The summed E-state index contributed by atoms with van der Waals surface area (Å²) >= 11 is 5.81. The number of nitrogens with zero attached hydrogens (tertiary/aromatic N) is 1. The van der Waals surface area contributed by atoms with Gasteiger partial charge >= 0.3 is 0 Å². The van der Waals surface area contributed by atoms with Gasteiger partial charge in [-0.2, -0.15) is 0 Å². The van der Waals surface area contributed by atoms with E-state index in [1.54, 1.807) is 12.1 Å². The maximum Gasteiger partial charge on any atom is 0.170 e. The Hall–Kier alpha value is -2.27. The van der Waals surface area contributed by atoms with Gasteiger partial charge in [-0.25, -0.2) is 4.39 Å². The van der Waals surface area contributed by atoms with Gasteiger partial charge in [-0.1, -0.05) is 41.0 Å². The molecule has 2 aromatic rings. The molecule has 0 spiro atoms. The number of halogens is 2. The number of hydrogen-bond acceptors (Lipinski definition) is 3. The van der Waals surface area contributed by atoms with Crippen molar-refractivity contribution in [3.8, 4) is 0 Å². The molecule has 0 amide bonds. The van der Waals surface area contributed by atoms with E-state index in [0.29, 0.717) is 22.8 Å². The highest BCUT2D eigenvalue weighted by Crippen LogP contribution is 2.20. The summed E-state index contributed by atoms with van der Waals surface area (Å²) in [5, 5.41) is 14.9. The highest BCUT2D eigenvalue weighted by atomic mass is 35.5. The number of oxime groups is 1. The lowest BCUT2D eigenvalue weighted by atomic mass is 10.1. The van der Waals surface area contributed by atoms with Gasteiger partial charge < -0.3 is 16.3 Å². The van der Waals surface area contributed by atoms with E-state index in [1.165, 1.54) is 18.2 Å². The molecule has 0 aliphatic heterocycles. The molecule has 0 aromatic heterocycles. The number of amidine groups is 1. The Morgan fingerprint density at radius 2 is 1.95 bits per heavy atom. The predicted molar refractivity (Wildman–Crippen MR) is 77.7 cm³/mol. The van der Waals surface area contributed by atoms with Crippen molar-refractivity contribution in [1.29, 1.82) is 0 Å². The minimum absolute atomic E-state index is 0.0467. The van der Waals surface area contributed by atoms with Crippen molar-refractivity contribution in [2.75, 3.05) is 5.32 Å². The maximum atomic E-state index is 13.5. The monoisotopic (exact) mass is 293 g/mol. The Morgan fingerprint density at radius 1 is 1.25 bits per heavy atom. The molecular formula is C14H13ClFN3O. The molecule has 4 N–H and O–H groups in total. The summed E-state index contributed by atoms with van der Waals surface area (Å²) < 4.78 is 13.5. The van der Waals surface area contributed by atoms with Crippen LogP contribution in [-0.2, 0) is 6.54 Å². The molecule has 2 rings (SSSR count). The van der Waals surface area contributed by atoms with Gasteiger partial charge in [-0.3, -0.25) is 0 Å². The van der Waals surface area contributed by atoms with Gasteiger partial charge in [0.15, 0.2) is 5.84 Å². The van der Waals surface area contributed by atoms with Gasteiger partial charge in [0.25, 0.3) is 0 Å². The van der Waals surface area contributed by atoms with E-state index in [2.05, 4.69) is 10.5 Å². The smallest absolute Gasteiger partial charge is 0.170 e. The van der Waals surface area contributed by atoms with Crippen molar-refractivity contribution in [3.05, 3.63) is 64.4 Å². The molecule has 4 nitrogen and oxygen atoms in total. The Labute approximate surface area is 120 Å².